The summed E-state index contributed by atoms with van der Waals surface area (Å²) in [5.41, 5.74) is 9.45. The number of aryl methyl sites for hydroxylation is 4. The van der Waals surface area contributed by atoms with Crippen molar-refractivity contribution in [1.82, 2.24) is 71.7 Å². The number of anilines is 5. The fourth-order valence-electron chi connectivity index (χ4n) is 14.3. The SMILES string of the molecule is CC(C)Cn1cc(-n2cc(-c3ccc(NS(=O)(=O)C4CC4)cc3F)cn2)ccc1=O.CCCn1cc(-n2cc(-c3ccc(NS(=O)(=O)CC)c(F)c3)cn2)ccc1=O.CCCn1cc(-n2cc(-c3ccc(NS(=O)(=O)CC)cc3F)cn2)ccc1=O.CCCn1cc(-n2cc(-c3ccc(NS(C)(=O)=O)c(F)c3)cn2)ccc1=O.CCn1cc(-n2cc(-c3ccc(NS(=O)(=O)C4CC4)cc3Cl)cn2)ccc1=O. The Bertz CT molecular complexity index is 8050. The summed E-state index contributed by atoms with van der Waals surface area (Å²) < 4.78 is 203. The Morgan fingerprint density at radius 1 is 0.340 bits per heavy atom. The fraction of sp³-hybridized carbons (Fsp3) is 0.271. The zero-order valence-corrected chi connectivity index (χ0v) is 82.8. The normalized spacial score (nSPS) is 12.6. The van der Waals surface area contributed by atoms with E-state index in [1.54, 1.807) is 187 Å². The van der Waals surface area contributed by atoms with E-state index in [1.807, 2.05) is 47.7 Å². The van der Waals surface area contributed by atoms with Crippen LogP contribution in [0.3, 0.4) is 0 Å². The first kappa shape index (κ1) is 104. The zero-order chi connectivity index (χ0) is 102. The van der Waals surface area contributed by atoms with Crippen molar-refractivity contribution in [2.45, 2.75) is 144 Å². The summed E-state index contributed by atoms with van der Waals surface area (Å²) in [6.07, 6.45) is 31.2. The van der Waals surface area contributed by atoms with E-state index in [1.165, 1.54) is 105 Å². The maximum atomic E-state index is 14.7. The van der Waals surface area contributed by atoms with Gasteiger partial charge in [-0.05, 0) is 186 Å². The van der Waals surface area contributed by atoms with E-state index < -0.39 is 73.4 Å². The number of benzene rings is 5. The van der Waals surface area contributed by atoms with Crippen LogP contribution in [0.1, 0.15) is 100 Å². The summed E-state index contributed by atoms with van der Waals surface area (Å²) in [5, 5.41) is 21.2. The molecule has 141 heavy (non-hydrogen) atoms. The van der Waals surface area contributed by atoms with Crippen LogP contribution >= 0.6 is 11.6 Å². The van der Waals surface area contributed by atoms with E-state index in [9.17, 15) is 83.6 Å². The van der Waals surface area contributed by atoms with Crippen molar-refractivity contribution in [3.8, 4) is 84.1 Å². The average molecular weight is 2050 g/mol. The van der Waals surface area contributed by atoms with Crippen LogP contribution in [0.4, 0.5) is 46.0 Å². The molecule has 0 bridgehead atoms. The van der Waals surface area contributed by atoms with Gasteiger partial charge in [-0.25, -0.2) is 83.1 Å². The molecular weight excluding hydrogens is 1940 g/mol. The number of hydrogen-bond acceptors (Lipinski definition) is 20. The molecule has 2 aliphatic rings. The number of nitrogens with one attached hydrogen (secondary N) is 5. The number of halogens is 5. The molecular formula is C96H103ClF4N20O15S5. The molecule has 2 aliphatic carbocycles. The zero-order valence-electron chi connectivity index (χ0n) is 78.0. The second-order valence-electron chi connectivity index (χ2n) is 33.5. The molecule has 5 N–H and O–H groups in total. The highest BCUT2D eigenvalue weighted by Gasteiger charge is 2.37. The van der Waals surface area contributed by atoms with Gasteiger partial charge in [-0.1, -0.05) is 64.4 Å². The maximum Gasteiger partial charge on any atom is 0.250 e. The highest BCUT2D eigenvalue weighted by molar-refractivity contribution is 7.94. The first-order valence-electron chi connectivity index (χ1n) is 44.8. The van der Waals surface area contributed by atoms with Crippen molar-refractivity contribution in [3.63, 3.8) is 0 Å². The lowest BCUT2D eigenvalue weighted by Gasteiger charge is -2.10. The Morgan fingerprint density at radius 2 is 0.652 bits per heavy atom. The first-order chi connectivity index (χ1) is 67.0. The molecule has 0 saturated heterocycles. The molecule has 742 valence electrons. The highest BCUT2D eigenvalue weighted by Crippen LogP contribution is 2.37. The highest BCUT2D eigenvalue weighted by atomic mass is 35.5. The van der Waals surface area contributed by atoms with Gasteiger partial charge in [0, 0.05) is 175 Å². The Hall–Kier alpha value is -14.3. The van der Waals surface area contributed by atoms with Crippen LogP contribution in [0.25, 0.3) is 84.1 Å². The molecule has 0 radical (unpaired) electrons. The predicted octanol–water partition coefficient (Wildman–Crippen LogP) is 15.3. The van der Waals surface area contributed by atoms with E-state index in [0.717, 1.165) is 48.4 Å². The van der Waals surface area contributed by atoms with Gasteiger partial charge >= 0.3 is 0 Å². The van der Waals surface area contributed by atoms with Crippen LogP contribution in [0, 0.1) is 29.2 Å². The summed E-state index contributed by atoms with van der Waals surface area (Å²) in [4.78, 5) is 59.3. The van der Waals surface area contributed by atoms with Crippen molar-refractivity contribution < 1.29 is 59.7 Å². The minimum Gasteiger partial charge on any atom is -0.314 e. The number of rotatable bonds is 33. The summed E-state index contributed by atoms with van der Waals surface area (Å²) in [6, 6.07) is 37.8. The fourth-order valence-corrected chi connectivity index (χ4v) is 19.2. The Balaban J connectivity index is 0.000000148. The van der Waals surface area contributed by atoms with Crippen LogP contribution in [-0.2, 0) is 82.8 Å². The molecule has 10 heterocycles. The molecule has 0 atom stereocenters. The van der Waals surface area contributed by atoms with Gasteiger partial charge in [0.1, 0.15) is 23.3 Å². The van der Waals surface area contributed by atoms with E-state index in [2.05, 4.69) is 49.1 Å². The lowest BCUT2D eigenvalue weighted by atomic mass is 10.1. The smallest absolute Gasteiger partial charge is 0.250 e. The van der Waals surface area contributed by atoms with Crippen LogP contribution < -0.4 is 51.4 Å². The molecule has 35 nitrogen and oxygen atoms in total. The van der Waals surface area contributed by atoms with Crippen LogP contribution in [0.5, 0.6) is 0 Å². The van der Waals surface area contributed by atoms with Crippen molar-refractivity contribution >= 4 is 90.2 Å². The van der Waals surface area contributed by atoms with Gasteiger partial charge in [-0.3, -0.25) is 47.6 Å². The predicted molar refractivity (Wildman–Crippen MR) is 538 cm³/mol. The molecule has 45 heteroatoms. The molecule has 0 unspecified atom stereocenters. The van der Waals surface area contributed by atoms with E-state index >= 15 is 0 Å². The molecule has 2 saturated carbocycles. The molecule has 0 amide bonds. The lowest BCUT2D eigenvalue weighted by molar-refractivity contribution is 0.509. The molecule has 5 aromatic carbocycles. The van der Waals surface area contributed by atoms with Gasteiger partial charge in [0.25, 0.3) is 27.8 Å². The molecule has 17 rings (SSSR count). The molecule has 0 aliphatic heterocycles. The third kappa shape index (κ3) is 27.4. The van der Waals surface area contributed by atoms with Gasteiger partial charge in [0.2, 0.25) is 50.1 Å². The van der Waals surface area contributed by atoms with Gasteiger partial charge in [-0.15, -0.1) is 0 Å². The second kappa shape index (κ2) is 44.9. The topological polar surface area (TPSA) is 430 Å². The van der Waals surface area contributed by atoms with Gasteiger partial charge in [0.15, 0.2) is 0 Å². The third-order valence-electron chi connectivity index (χ3n) is 21.9. The number of hydrogen-bond donors (Lipinski definition) is 5. The Morgan fingerprint density at radius 3 is 0.986 bits per heavy atom. The minimum atomic E-state index is -3.56. The maximum absolute atomic E-state index is 14.7. The standard InChI is InChI=1S/C21H23FN4O3S.C19H19ClN4O3S.2C19H21FN4O3S.C18H19FN4O3S/c1-14(2)11-25-13-17(4-8-21(25)27)26-12-15(10-23-26)19-7-3-16(9-20(19)22)24-30(28,29)18-5-6-18;1-2-23-12-15(4-8-19(23)25)24-11-13(10-21-24)17-7-3-14(9-18(17)20)22-28(26,27)16-5-6-16;1-3-9-23-13-16(6-8-19(23)25)24-12-14(11-21-24)17-7-5-15(10-18(17)20)22-28(26,27)4-2;1-3-9-23-13-16(6-8-19(23)25)24-12-15(11-21-24)14-5-7-18(17(20)10-14)22-28(26,27)4-2;1-3-8-22-12-15(5-7-18(22)24)23-11-14(10-20-23)13-4-6-17(16(19)9-13)21-27(2,25)26/h3-4,7-10,12-14,18,24H,5-6,11H2,1-2H3;3-4,7-12,16,22H,2,5-6H2,1H3;2*5-8,10-13,22H,3-4,9H2,1-2H3;4-7,9-12,21H,3,8H2,1-2H3. The summed E-state index contributed by atoms with van der Waals surface area (Å²) in [6.45, 7) is 17.9. The van der Waals surface area contributed by atoms with Crippen molar-refractivity contribution in [1.29, 1.82) is 0 Å². The summed E-state index contributed by atoms with van der Waals surface area (Å²) in [5.74, 6) is -2.37. The van der Waals surface area contributed by atoms with E-state index in [4.69, 9.17) is 11.6 Å². The number of aromatic nitrogens is 15. The minimum absolute atomic E-state index is 0.0640. The van der Waals surface area contributed by atoms with Gasteiger partial charge in [0.05, 0.1) is 115 Å². The van der Waals surface area contributed by atoms with Crippen LogP contribution in [0.2, 0.25) is 5.02 Å². The Labute approximate surface area is 815 Å². The number of pyridine rings is 5. The second-order valence-corrected chi connectivity index (χ2v) is 43.6. The van der Waals surface area contributed by atoms with Gasteiger partial charge in [-0.2, -0.15) is 25.5 Å². The summed E-state index contributed by atoms with van der Waals surface area (Å²) in [7, 11) is -17.4. The molecule has 15 aromatic rings. The van der Waals surface area contributed by atoms with Gasteiger partial charge < -0.3 is 22.8 Å². The van der Waals surface area contributed by atoms with Crippen LogP contribution in [-0.4, -0.2) is 142 Å². The van der Waals surface area contributed by atoms with Crippen molar-refractivity contribution in [2.24, 2.45) is 5.92 Å². The number of sulfonamides is 5. The quantitative estimate of drug-likeness (QED) is 0.0238. The number of nitrogens with zero attached hydrogens (tertiary/aromatic N) is 15. The molecule has 0 spiro atoms. The average Bonchev–Trinajstić information content (AvgIpc) is 1.67. The van der Waals surface area contributed by atoms with Crippen LogP contribution in [0.15, 0.2) is 269 Å². The third-order valence-corrected chi connectivity index (χ3v) is 29.1. The first-order valence-corrected chi connectivity index (χ1v) is 53.5. The lowest BCUT2D eigenvalue weighted by Crippen LogP contribution is -2.21. The van der Waals surface area contributed by atoms with E-state index in [-0.39, 0.29) is 72.6 Å². The molecule has 10 aromatic heterocycles. The van der Waals surface area contributed by atoms with Crippen molar-refractivity contribution in [2.75, 3.05) is 41.4 Å². The van der Waals surface area contributed by atoms with E-state index in [0.29, 0.717) is 142 Å². The monoisotopic (exact) mass is 2050 g/mol. The summed E-state index contributed by atoms with van der Waals surface area (Å²) >= 11 is 6.39. The largest absolute Gasteiger partial charge is 0.314 e. The Kier molecular flexibility index (Phi) is 33.1. The molecule has 2 fully saturated rings. The van der Waals surface area contributed by atoms with Crippen molar-refractivity contribution in [3.05, 3.63) is 325 Å².